The highest BCUT2D eigenvalue weighted by Gasteiger charge is 2.44. The molecule has 2 fully saturated rings. The van der Waals surface area contributed by atoms with Crippen molar-refractivity contribution in [1.82, 2.24) is 25.0 Å². The van der Waals surface area contributed by atoms with Gasteiger partial charge in [0.1, 0.15) is 17.0 Å². The molecule has 2 saturated carbocycles. The Hall–Kier alpha value is -4.37. The van der Waals surface area contributed by atoms with Gasteiger partial charge >= 0.3 is 0 Å². The summed E-state index contributed by atoms with van der Waals surface area (Å²) in [4.78, 5) is 27.8. The molecule has 6 rings (SSSR count). The summed E-state index contributed by atoms with van der Waals surface area (Å²) in [5.41, 5.74) is 8.47. The zero-order valence-corrected chi connectivity index (χ0v) is 23.4. The summed E-state index contributed by atoms with van der Waals surface area (Å²) < 4.78 is 8.07. The molecule has 2 aliphatic carbocycles. The van der Waals surface area contributed by atoms with Gasteiger partial charge in [0.05, 0.1) is 5.39 Å². The first-order chi connectivity index (χ1) is 19.9. The van der Waals surface area contributed by atoms with Gasteiger partial charge in [-0.1, -0.05) is 36.4 Å². The number of aromatic amines is 1. The van der Waals surface area contributed by atoms with Crippen LogP contribution >= 0.6 is 0 Å². The molecule has 0 aliphatic heterocycles. The molecular weight excluding hydrogens is 516 g/mol. The first-order valence-electron chi connectivity index (χ1n) is 14.2. The number of aromatic nitrogens is 3. The minimum Gasteiger partial charge on any atom is -0.457 e. The molecule has 0 radical (unpaired) electrons. The quantitative estimate of drug-likeness (QED) is 0.272. The molecule has 212 valence electrons. The SMILES string of the molecule is CN(C)CC=CC(=O)NC1C2CCC1CC(n1cc(-c3ccc(Oc4ccccc4)cc3)c3c(N)n[nH]c(=O)c31)C2. The highest BCUT2D eigenvalue weighted by atomic mass is 16.5. The largest absolute Gasteiger partial charge is 0.457 e. The summed E-state index contributed by atoms with van der Waals surface area (Å²) in [6.45, 7) is 0.728. The third-order valence-electron chi connectivity index (χ3n) is 8.44. The van der Waals surface area contributed by atoms with Crippen LogP contribution in [0.25, 0.3) is 22.0 Å². The number of nitrogens with zero attached hydrogens (tertiary/aromatic N) is 3. The summed E-state index contributed by atoms with van der Waals surface area (Å²) in [6, 6.07) is 17.7. The fraction of sp³-hybridized carbons (Fsp3) is 0.344. The van der Waals surface area contributed by atoms with Crippen molar-refractivity contribution in [3.05, 3.63) is 83.3 Å². The summed E-state index contributed by atoms with van der Waals surface area (Å²) in [7, 11) is 3.95. The van der Waals surface area contributed by atoms with Crippen LogP contribution in [-0.4, -0.2) is 52.3 Å². The Morgan fingerprint density at radius 1 is 1.10 bits per heavy atom. The Labute approximate surface area is 239 Å². The first kappa shape index (κ1) is 26.8. The molecule has 2 aliphatic rings. The molecule has 2 aromatic heterocycles. The van der Waals surface area contributed by atoms with Gasteiger partial charge < -0.3 is 25.3 Å². The number of hydrogen-bond donors (Lipinski definition) is 3. The third kappa shape index (κ3) is 5.50. The Kier molecular flexibility index (Phi) is 7.36. The van der Waals surface area contributed by atoms with Crippen LogP contribution in [0.4, 0.5) is 5.82 Å². The Bertz CT molecular complexity index is 1610. The van der Waals surface area contributed by atoms with Gasteiger partial charge in [0.15, 0.2) is 5.82 Å². The van der Waals surface area contributed by atoms with Crippen LogP contribution in [0.15, 0.2) is 77.7 Å². The van der Waals surface area contributed by atoms with E-state index >= 15 is 0 Å². The van der Waals surface area contributed by atoms with Crippen LogP contribution in [0.3, 0.4) is 0 Å². The van der Waals surface area contributed by atoms with E-state index in [9.17, 15) is 9.59 Å². The average molecular weight is 553 g/mol. The second-order valence-corrected chi connectivity index (χ2v) is 11.5. The highest BCUT2D eigenvalue weighted by Crippen LogP contribution is 2.48. The molecule has 2 aromatic carbocycles. The summed E-state index contributed by atoms with van der Waals surface area (Å²) in [6.07, 6.45) is 9.50. The number of likely N-dealkylation sites (N-methyl/N-ethyl adjacent to an activating group) is 1. The molecule has 2 atom stereocenters. The predicted octanol–water partition coefficient (Wildman–Crippen LogP) is 4.73. The molecule has 41 heavy (non-hydrogen) atoms. The lowest BCUT2D eigenvalue weighted by Crippen LogP contribution is -2.45. The number of para-hydroxylation sites is 1. The highest BCUT2D eigenvalue weighted by molar-refractivity contribution is 6.02. The molecule has 9 heteroatoms. The van der Waals surface area contributed by atoms with Gasteiger partial charge in [-0.2, -0.15) is 5.10 Å². The third-order valence-corrected chi connectivity index (χ3v) is 8.44. The van der Waals surface area contributed by atoms with Crippen molar-refractivity contribution in [2.24, 2.45) is 11.8 Å². The predicted molar refractivity (Wildman–Crippen MR) is 161 cm³/mol. The van der Waals surface area contributed by atoms with Gasteiger partial charge in [0.2, 0.25) is 5.91 Å². The summed E-state index contributed by atoms with van der Waals surface area (Å²) >= 11 is 0. The van der Waals surface area contributed by atoms with Crippen molar-refractivity contribution in [2.75, 3.05) is 26.4 Å². The lowest BCUT2D eigenvalue weighted by Gasteiger charge is -2.36. The zero-order valence-electron chi connectivity index (χ0n) is 23.4. The number of nitrogens with one attached hydrogen (secondary N) is 2. The Morgan fingerprint density at radius 3 is 2.46 bits per heavy atom. The molecule has 4 aromatic rings. The number of anilines is 1. The second kappa shape index (κ2) is 11.2. The van der Waals surface area contributed by atoms with Crippen molar-refractivity contribution in [2.45, 2.75) is 37.8 Å². The van der Waals surface area contributed by atoms with Gasteiger partial charge in [0.25, 0.3) is 5.56 Å². The van der Waals surface area contributed by atoms with Crippen molar-refractivity contribution in [3.63, 3.8) is 0 Å². The number of hydrogen-bond acceptors (Lipinski definition) is 6. The van der Waals surface area contributed by atoms with Crippen LogP contribution in [0.2, 0.25) is 0 Å². The van der Waals surface area contributed by atoms with Crippen molar-refractivity contribution in [3.8, 4) is 22.6 Å². The Morgan fingerprint density at radius 2 is 1.78 bits per heavy atom. The monoisotopic (exact) mass is 552 g/mol. The van der Waals surface area contributed by atoms with Crippen molar-refractivity contribution in [1.29, 1.82) is 0 Å². The fourth-order valence-corrected chi connectivity index (χ4v) is 6.61. The van der Waals surface area contributed by atoms with Crippen molar-refractivity contribution >= 4 is 22.6 Å². The molecule has 9 nitrogen and oxygen atoms in total. The number of rotatable bonds is 8. The van der Waals surface area contributed by atoms with E-state index in [1.54, 1.807) is 6.08 Å². The number of benzene rings is 2. The number of nitrogens with two attached hydrogens (primary N) is 1. The van der Waals surface area contributed by atoms with E-state index in [0.29, 0.717) is 28.6 Å². The maximum Gasteiger partial charge on any atom is 0.288 e. The molecule has 2 unspecified atom stereocenters. The number of fused-ring (bicyclic) bond motifs is 3. The van der Waals surface area contributed by atoms with Crippen LogP contribution in [0, 0.1) is 11.8 Å². The number of amides is 1. The fourth-order valence-electron chi connectivity index (χ4n) is 6.61. The van der Waals surface area contributed by atoms with Crippen LogP contribution in [-0.2, 0) is 4.79 Å². The number of ether oxygens (including phenoxy) is 1. The van der Waals surface area contributed by atoms with E-state index in [-0.39, 0.29) is 23.6 Å². The molecular formula is C32H36N6O3. The number of nitrogen functional groups attached to an aromatic ring is 1. The summed E-state index contributed by atoms with van der Waals surface area (Å²) in [5.74, 6) is 2.48. The average Bonchev–Trinajstić information content (AvgIpc) is 3.46. The van der Waals surface area contributed by atoms with Gasteiger partial charge in [-0.15, -0.1) is 0 Å². The molecule has 0 spiro atoms. The van der Waals surface area contributed by atoms with Gasteiger partial charge in [0, 0.05) is 36.5 Å². The standard InChI is InChI=1S/C32H36N6O3/c1-37(2)16-6-9-27(39)34-29-21-10-11-22(29)18-23(17-21)38-19-26(28-30(38)32(40)36-35-31(28)33)20-12-14-25(15-13-20)41-24-7-4-3-5-8-24/h3-9,12-15,19,21-23,29H,10-11,16-18H2,1-2H3,(H2,33,35)(H,34,39)(H,36,40). The minimum atomic E-state index is -0.252. The Balaban J connectivity index is 1.27. The molecule has 2 heterocycles. The molecule has 2 bridgehead atoms. The van der Waals surface area contributed by atoms with E-state index < -0.39 is 0 Å². The number of H-pyrrole nitrogens is 1. The van der Waals surface area contributed by atoms with Crippen molar-refractivity contribution < 1.29 is 9.53 Å². The van der Waals surface area contributed by atoms with Gasteiger partial charge in [-0.05, 0) is 81.4 Å². The van der Waals surface area contributed by atoms with Crippen LogP contribution in [0.5, 0.6) is 11.5 Å². The molecule has 0 saturated heterocycles. The number of carbonyl (C=O) groups excluding carboxylic acids is 1. The molecule has 4 N–H and O–H groups in total. The lowest BCUT2D eigenvalue weighted by molar-refractivity contribution is -0.118. The smallest absolute Gasteiger partial charge is 0.288 e. The van der Waals surface area contributed by atoms with E-state index in [1.807, 2.05) is 79.7 Å². The van der Waals surface area contributed by atoms with Gasteiger partial charge in [-0.3, -0.25) is 9.59 Å². The minimum absolute atomic E-state index is 0.0316. The lowest BCUT2D eigenvalue weighted by atomic mass is 9.80. The van der Waals surface area contributed by atoms with Crippen LogP contribution in [0.1, 0.15) is 31.7 Å². The molecule has 1 amide bonds. The normalized spacial score (nSPS) is 22.0. The van der Waals surface area contributed by atoms with E-state index in [1.165, 1.54) is 0 Å². The maximum absolute atomic E-state index is 13.2. The zero-order chi connectivity index (χ0) is 28.5. The second-order valence-electron chi connectivity index (χ2n) is 11.5. The van der Waals surface area contributed by atoms with Gasteiger partial charge in [-0.25, -0.2) is 5.10 Å². The van der Waals surface area contributed by atoms with Crippen LogP contribution < -0.4 is 21.3 Å². The van der Waals surface area contributed by atoms with E-state index in [0.717, 1.165) is 54.9 Å². The topological polar surface area (TPSA) is 118 Å². The summed E-state index contributed by atoms with van der Waals surface area (Å²) in [5, 5.41) is 10.6. The van der Waals surface area contributed by atoms with E-state index in [4.69, 9.17) is 10.5 Å². The maximum atomic E-state index is 13.2. The first-order valence-corrected chi connectivity index (χ1v) is 14.2. The van der Waals surface area contributed by atoms with E-state index in [2.05, 4.69) is 26.3 Å². The number of carbonyl (C=O) groups is 1.